The summed E-state index contributed by atoms with van der Waals surface area (Å²) in [4.78, 5) is 19.6. The van der Waals surface area contributed by atoms with Crippen LogP contribution in [-0.4, -0.2) is 30.2 Å². The van der Waals surface area contributed by atoms with Crippen LogP contribution in [0.2, 0.25) is 0 Å². The van der Waals surface area contributed by atoms with Gasteiger partial charge in [0.1, 0.15) is 0 Å². The van der Waals surface area contributed by atoms with Gasteiger partial charge in [-0.1, -0.05) is 6.07 Å². The van der Waals surface area contributed by atoms with Crippen molar-refractivity contribution >= 4 is 22.4 Å². The van der Waals surface area contributed by atoms with E-state index < -0.39 is 0 Å². The zero-order valence-corrected chi connectivity index (χ0v) is 12.1. The highest BCUT2D eigenvalue weighted by atomic mass is 32.1. The van der Waals surface area contributed by atoms with E-state index in [1.165, 1.54) is 18.4 Å². The van der Waals surface area contributed by atoms with E-state index in [2.05, 4.69) is 20.0 Å². The van der Waals surface area contributed by atoms with Crippen molar-refractivity contribution in [1.82, 2.24) is 9.97 Å². The number of anilines is 1. The Kier molecular flexibility index (Phi) is 4.89. The first-order valence-corrected chi connectivity index (χ1v) is 6.83. The minimum absolute atomic E-state index is 0.193. The molecule has 0 aliphatic carbocycles. The quantitative estimate of drug-likeness (QED) is 0.820. The average Bonchev–Trinajstić information content (AvgIpc) is 2.93. The average molecular weight is 293 g/mol. The third-order valence-corrected chi connectivity index (χ3v) is 3.40. The molecule has 20 heavy (non-hydrogen) atoms. The summed E-state index contributed by atoms with van der Waals surface area (Å²) in [5.74, 6) is 0.296. The van der Waals surface area contributed by atoms with Crippen molar-refractivity contribution in [3.05, 3.63) is 35.0 Å². The van der Waals surface area contributed by atoms with Gasteiger partial charge in [-0.25, -0.2) is 9.97 Å². The summed E-state index contributed by atoms with van der Waals surface area (Å²) in [6.45, 7) is 0.613. The highest BCUT2D eigenvalue weighted by Gasteiger charge is 2.07. The highest BCUT2D eigenvalue weighted by Crippen LogP contribution is 2.17. The van der Waals surface area contributed by atoms with Crippen LogP contribution in [0.25, 0.3) is 0 Å². The van der Waals surface area contributed by atoms with Crippen molar-refractivity contribution in [2.24, 2.45) is 0 Å². The van der Waals surface area contributed by atoms with Gasteiger partial charge in [0.05, 0.1) is 26.3 Å². The van der Waals surface area contributed by atoms with E-state index in [0.29, 0.717) is 18.1 Å². The van der Waals surface area contributed by atoms with Gasteiger partial charge < -0.3 is 14.8 Å². The zero-order valence-electron chi connectivity index (χ0n) is 11.3. The van der Waals surface area contributed by atoms with Crippen molar-refractivity contribution < 1.29 is 14.3 Å². The molecule has 0 atom stereocenters. The maximum atomic E-state index is 11.1. The van der Waals surface area contributed by atoms with Crippen LogP contribution in [0.1, 0.15) is 11.3 Å². The van der Waals surface area contributed by atoms with Crippen molar-refractivity contribution in [2.45, 2.75) is 13.0 Å². The van der Waals surface area contributed by atoms with Crippen LogP contribution in [0.15, 0.2) is 23.7 Å². The Bertz CT molecular complexity index is 568. The number of hydrogen-bond acceptors (Lipinski definition) is 7. The molecule has 2 aromatic rings. The molecule has 0 saturated heterocycles. The molecule has 1 N–H and O–H groups in total. The van der Waals surface area contributed by atoms with E-state index >= 15 is 0 Å². The van der Waals surface area contributed by atoms with Gasteiger partial charge in [0.2, 0.25) is 5.88 Å². The Labute approximate surface area is 120 Å². The molecular formula is C13H15N3O3S. The molecule has 106 valence electrons. The number of carbonyl (C=O) groups excluding carboxylic acids is 1. The fourth-order valence-corrected chi connectivity index (χ4v) is 2.21. The molecule has 0 aliphatic rings. The highest BCUT2D eigenvalue weighted by molar-refractivity contribution is 7.13. The molecule has 0 aliphatic heterocycles. The van der Waals surface area contributed by atoms with E-state index in [0.717, 1.165) is 10.7 Å². The summed E-state index contributed by atoms with van der Waals surface area (Å²) in [6.07, 6.45) is 1.94. The van der Waals surface area contributed by atoms with Crippen molar-refractivity contribution in [3.63, 3.8) is 0 Å². The lowest BCUT2D eigenvalue weighted by atomic mass is 10.3. The van der Waals surface area contributed by atoms with Crippen LogP contribution in [-0.2, 0) is 22.5 Å². The Hall–Kier alpha value is -2.15. The SMILES string of the molecule is COC(=O)Cc1csc(NCc2ccc(OC)nc2)n1. The first-order valence-electron chi connectivity index (χ1n) is 5.95. The molecular weight excluding hydrogens is 278 g/mol. The van der Waals surface area contributed by atoms with Gasteiger partial charge in [0.25, 0.3) is 0 Å². The Morgan fingerprint density at radius 1 is 1.40 bits per heavy atom. The Morgan fingerprint density at radius 2 is 2.25 bits per heavy atom. The van der Waals surface area contributed by atoms with E-state index in [1.54, 1.807) is 13.3 Å². The van der Waals surface area contributed by atoms with Crippen LogP contribution >= 0.6 is 11.3 Å². The second kappa shape index (κ2) is 6.85. The van der Waals surface area contributed by atoms with Gasteiger partial charge in [0.15, 0.2) is 5.13 Å². The molecule has 0 unspecified atom stereocenters. The van der Waals surface area contributed by atoms with Crippen LogP contribution in [0, 0.1) is 0 Å². The standard InChI is InChI=1S/C13H15N3O3S/c1-18-11-4-3-9(6-14-11)7-15-13-16-10(8-20-13)5-12(17)19-2/h3-4,6,8H,5,7H2,1-2H3,(H,15,16). The molecule has 2 rings (SSSR count). The van der Waals surface area contributed by atoms with Crippen molar-refractivity contribution in [3.8, 4) is 5.88 Å². The predicted molar refractivity (Wildman–Crippen MR) is 75.9 cm³/mol. The monoisotopic (exact) mass is 293 g/mol. The molecule has 0 saturated carbocycles. The fraction of sp³-hybridized carbons (Fsp3) is 0.308. The first kappa shape index (κ1) is 14.3. The third-order valence-electron chi connectivity index (χ3n) is 2.56. The number of ether oxygens (including phenoxy) is 2. The largest absolute Gasteiger partial charge is 0.481 e. The molecule has 0 aromatic carbocycles. The summed E-state index contributed by atoms with van der Waals surface area (Å²) < 4.78 is 9.60. The molecule has 7 heteroatoms. The number of thiazole rings is 1. The Balaban J connectivity index is 1.88. The number of carbonyl (C=O) groups is 1. The summed E-state index contributed by atoms with van der Waals surface area (Å²) in [6, 6.07) is 3.74. The molecule has 6 nitrogen and oxygen atoms in total. The smallest absolute Gasteiger partial charge is 0.311 e. The fourth-order valence-electron chi connectivity index (χ4n) is 1.50. The molecule has 0 radical (unpaired) electrons. The summed E-state index contributed by atoms with van der Waals surface area (Å²) in [5.41, 5.74) is 1.73. The number of hydrogen-bond donors (Lipinski definition) is 1. The van der Waals surface area contributed by atoms with Gasteiger partial charge in [0, 0.05) is 24.2 Å². The van der Waals surface area contributed by atoms with Gasteiger partial charge in [-0.15, -0.1) is 11.3 Å². The third kappa shape index (κ3) is 3.92. The van der Waals surface area contributed by atoms with Gasteiger partial charge in [-0.2, -0.15) is 0 Å². The number of aromatic nitrogens is 2. The number of nitrogens with one attached hydrogen (secondary N) is 1. The lowest BCUT2D eigenvalue weighted by Gasteiger charge is -2.03. The summed E-state index contributed by atoms with van der Waals surface area (Å²) in [5, 5.41) is 5.79. The molecule has 0 bridgehead atoms. The van der Waals surface area contributed by atoms with Crippen LogP contribution in [0.3, 0.4) is 0 Å². The molecule has 2 heterocycles. The predicted octanol–water partition coefficient (Wildman–Crippen LogP) is 1.87. The number of esters is 1. The maximum absolute atomic E-state index is 11.1. The van der Waals surface area contributed by atoms with Gasteiger partial charge >= 0.3 is 5.97 Å². The van der Waals surface area contributed by atoms with E-state index in [9.17, 15) is 4.79 Å². The second-order valence-corrected chi connectivity index (χ2v) is 4.82. The lowest BCUT2D eigenvalue weighted by Crippen LogP contribution is -2.05. The lowest BCUT2D eigenvalue weighted by molar-refractivity contribution is -0.139. The maximum Gasteiger partial charge on any atom is 0.311 e. The van der Waals surface area contributed by atoms with Gasteiger partial charge in [-0.05, 0) is 5.56 Å². The first-order chi connectivity index (χ1) is 9.71. The Morgan fingerprint density at radius 3 is 2.90 bits per heavy atom. The number of rotatable bonds is 6. The van der Waals surface area contributed by atoms with Crippen molar-refractivity contribution in [1.29, 1.82) is 0 Å². The second-order valence-electron chi connectivity index (χ2n) is 3.96. The zero-order chi connectivity index (χ0) is 14.4. The number of pyridine rings is 1. The minimum atomic E-state index is -0.291. The van der Waals surface area contributed by atoms with E-state index in [4.69, 9.17) is 4.74 Å². The van der Waals surface area contributed by atoms with Gasteiger partial charge in [-0.3, -0.25) is 4.79 Å². The normalized spacial score (nSPS) is 10.1. The number of methoxy groups -OCH3 is 2. The van der Waals surface area contributed by atoms with Crippen LogP contribution in [0.5, 0.6) is 5.88 Å². The number of nitrogens with zero attached hydrogens (tertiary/aromatic N) is 2. The minimum Gasteiger partial charge on any atom is -0.481 e. The molecule has 0 spiro atoms. The molecule has 0 fully saturated rings. The van der Waals surface area contributed by atoms with Crippen LogP contribution in [0.4, 0.5) is 5.13 Å². The molecule has 0 amide bonds. The van der Waals surface area contributed by atoms with Crippen molar-refractivity contribution in [2.75, 3.05) is 19.5 Å². The molecule has 2 aromatic heterocycles. The topological polar surface area (TPSA) is 73.3 Å². The van der Waals surface area contributed by atoms with E-state index in [-0.39, 0.29) is 12.4 Å². The summed E-state index contributed by atoms with van der Waals surface area (Å²) in [7, 11) is 2.95. The van der Waals surface area contributed by atoms with E-state index in [1.807, 2.05) is 17.5 Å². The summed E-state index contributed by atoms with van der Waals surface area (Å²) >= 11 is 1.45. The van der Waals surface area contributed by atoms with Crippen LogP contribution < -0.4 is 10.1 Å².